The van der Waals surface area contributed by atoms with Crippen LogP contribution < -0.4 is 19.9 Å². The van der Waals surface area contributed by atoms with Gasteiger partial charge in [-0.1, -0.05) is 12.1 Å². The lowest BCUT2D eigenvalue weighted by molar-refractivity contribution is -0.120. The molecule has 3 aliphatic heterocycles. The van der Waals surface area contributed by atoms with Crippen molar-refractivity contribution in [2.24, 2.45) is 0 Å². The van der Waals surface area contributed by atoms with Gasteiger partial charge >= 0.3 is 0 Å². The number of hydrogen-bond acceptors (Lipinski definition) is 7. The molecule has 36 heavy (non-hydrogen) atoms. The number of anilines is 2. The summed E-state index contributed by atoms with van der Waals surface area (Å²) in [5.41, 5.74) is 2.49. The monoisotopic (exact) mass is 492 g/mol. The zero-order valence-electron chi connectivity index (χ0n) is 19.6. The number of nitrogens with one attached hydrogen (secondary N) is 1. The van der Waals surface area contributed by atoms with Crippen LogP contribution in [0.15, 0.2) is 48.8 Å². The van der Waals surface area contributed by atoms with Gasteiger partial charge in [-0.15, -0.1) is 5.10 Å². The van der Waals surface area contributed by atoms with Gasteiger partial charge in [-0.05, 0) is 42.3 Å². The topological polar surface area (TPSA) is 102 Å². The molecule has 4 heterocycles. The molecule has 3 atom stereocenters. The number of morpholine rings is 1. The third kappa shape index (κ3) is 4.15. The van der Waals surface area contributed by atoms with Crippen molar-refractivity contribution in [2.75, 3.05) is 36.6 Å². The van der Waals surface area contributed by atoms with E-state index in [4.69, 9.17) is 9.47 Å². The number of carbonyl (C=O) groups is 2. The lowest BCUT2D eigenvalue weighted by atomic mass is 10.2. The molecule has 0 radical (unpaired) electrons. The summed E-state index contributed by atoms with van der Waals surface area (Å²) in [7, 11) is 1.67. The second kappa shape index (κ2) is 8.90. The quantitative estimate of drug-likeness (QED) is 0.577. The SMILES string of the molecule is CN1C(=O)[C@@H](NC(=O)c2ncn(Cc3ccc(F)cc3)n2)COc2ccc(N3CC4CC3CO4)cc21. The van der Waals surface area contributed by atoms with E-state index in [-0.39, 0.29) is 30.3 Å². The third-order valence-electron chi connectivity index (χ3n) is 6.87. The van der Waals surface area contributed by atoms with Crippen LogP contribution >= 0.6 is 0 Å². The van der Waals surface area contributed by atoms with Crippen molar-refractivity contribution in [1.29, 1.82) is 0 Å². The highest BCUT2D eigenvalue weighted by Gasteiger charge is 2.40. The number of fused-ring (bicyclic) bond motifs is 3. The Morgan fingerprint density at radius 2 is 2.03 bits per heavy atom. The van der Waals surface area contributed by atoms with Crippen LogP contribution in [0.2, 0.25) is 0 Å². The summed E-state index contributed by atoms with van der Waals surface area (Å²) >= 11 is 0. The Bertz CT molecular complexity index is 1310. The smallest absolute Gasteiger partial charge is 0.291 e. The van der Waals surface area contributed by atoms with Gasteiger partial charge in [0.1, 0.15) is 30.5 Å². The van der Waals surface area contributed by atoms with Gasteiger partial charge in [-0.25, -0.2) is 14.1 Å². The molecule has 0 spiro atoms. The van der Waals surface area contributed by atoms with Gasteiger partial charge < -0.3 is 24.6 Å². The molecule has 11 heteroatoms. The maximum absolute atomic E-state index is 13.2. The van der Waals surface area contributed by atoms with Crippen LogP contribution in [0.1, 0.15) is 22.6 Å². The van der Waals surface area contributed by atoms with Crippen molar-refractivity contribution < 1.29 is 23.5 Å². The van der Waals surface area contributed by atoms with E-state index in [1.165, 1.54) is 28.0 Å². The van der Waals surface area contributed by atoms with Crippen LogP contribution in [0.5, 0.6) is 5.75 Å². The first-order chi connectivity index (χ1) is 17.4. The number of amides is 2. The Morgan fingerprint density at radius 1 is 1.19 bits per heavy atom. The largest absolute Gasteiger partial charge is 0.489 e. The fraction of sp³-hybridized carbons (Fsp3) is 0.360. The highest BCUT2D eigenvalue weighted by Crippen LogP contribution is 2.38. The van der Waals surface area contributed by atoms with Gasteiger partial charge in [0.2, 0.25) is 5.82 Å². The molecular weight excluding hydrogens is 467 g/mol. The van der Waals surface area contributed by atoms with E-state index in [2.05, 4.69) is 20.3 Å². The standard InChI is InChI=1S/C25H25FN6O4/c1-30-21-9-17(32-11-19-8-18(32)12-35-19)6-7-22(21)36-13-20(25(30)34)28-24(33)23-27-14-31(29-23)10-15-2-4-16(26)5-3-15/h2-7,9,14,18-20H,8,10-13H2,1H3,(H,28,33)/t18?,19?,20-/m0/s1. The second-order valence-electron chi connectivity index (χ2n) is 9.28. The van der Waals surface area contributed by atoms with Crippen molar-refractivity contribution in [3.8, 4) is 5.75 Å². The van der Waals surface area contributed by atoms with Gasteiger partial charge in [0, 0.05) is 19.3 Å². The first-order valence-electron chi connectivity index (χ1n) is 11.8. The summed E-state index contributed by atoms with van der Waals surface area (Å²) in [6, 6.07) is 11.3. The molecule has 1 N–H and O–H groups in total. The molecule has 2 aromatic carbocycles. The summed E-state index contributed by atoms with van der Waals surface area (Å²) in [5, 5.41) is 6.89. The molecule has 3 aromatic rings. The molecule has 186 valence electrons. The third-order valence-corrected chi connectivity index (χ3v) is 6.87. The molecule has 3 aliphatic rings. The molecule has 2 bridgehead atoms. The van der Waals surface area contributed by atoms with Crippen LogP contribution in [0.3, 0.4) is 0 Å². The Labute approximate surface area is 206 Å². The van der Waals surface area contributed by atoms with E-state index in [0.29, 0.717) is 24.0 Å². The molecule has 10 nitrogen and oxygen atoms in total. The van der Waals surface area contributed by atoms with Crippen molar-refractivity contribution in [1.82, 2.24) is 20.1 Å². The average molecular weight is 493 g/mol. The normalized spacial score (nSPS) is 22.8. The van der Waals surface area contributed by atoms with Gasteiger partial charge in [0.15, 0.2) is 0 Å². The molecule has 2 fully saturated rings. The maximum atomic E-state index is 13.2. The van der Waals surface area contributed by atoms with Crippen LogP contribution in [0.25, 0.3) is 0 Å². The van der Waals surface area contributed by atoms with E-state index < -0.39 is 11.9 Å². The minimum atomic E-state index is -0.904. The maximum Gasteiger partial charge on any atom is 0.291 e. The first-order valence-corrected chi connectivity index (χ1v) is 11.8. The van der Waals surface area contributed by atoms with Crippen molar-refractivity contribution >= 4 is 23.2 Å². The van der Waals surface area contributed by atoms with Crippen molar-refractivity contribution in [3.05, 3.63) is 66.0 Å². The van der Waals surface area contributed by atoms with Crippen LogP contribution in [0.4, 0.5) is 15.8 Å². The summed E-state index contributed by atoms with van der Waals surface area (Å²) in [6.07, 6.45) is 2.70. The summed E-state index contributed by atoms with van der Waals surface area (Å²) in [6.45, 7) is 1.87. The molecule has 2 amide bonds. The molecule has 2 unspecified atom stereocenters. The van der Waals surface area contributed by atoms with Crippen LogP contribution in [0, 0.1) is 5.82 Å². The lowest BCUT2D eigenvalue weighted by Gasteiger charge is -2.30. The lowest BCUT2D eigenvalue weighted by Crippen LogP contribution is -2.49. The number of nitrogens with zero attached hydrogens (tertiary/aromatic N) is 5. The van der Waals surface area contributed by atoms with E-state index >= 15 is 0 Å². The summed E-state index contributed by atoms with van der Waals surface area (Å²) < 4.78 is 26.2. The zero-order chi connectivity index (χ0) is 24.8. The number of benzene rings is 2. The average Bonchev–Trinajstić information content (AvgIpc) is 3.63. The Hall–Kier alpha value is -3.99. The van der Waals surface area contributed by atoms with Gasteiger partial charge in [0.05, 0.1) is 31.0 Å². The molecule has 6 rings (SSSR count). The summed E-state index contributed by atoms with van der Waals surface area (Å²) in [5.74, 6) is -0.690. The number of carbonyl (C=O) groups excluding carboxylic acids is 2. The highest BCUT2D eigenvalue weighted by molar-refractivity contribution is 6.02. The van der Waals surface area contributed by atoms with Gasteiger partial charge in [-0.3, -0.25) is 9.59 Å². The number of halogens is 1. The van der Waals surface area contributed by atoms with Crippen molar-refractivity contribution in [2.45, 2.75) is 31.2 Å². The molecule has 1 aromatic heterocycles. The van der Waals surface area contributed by atoms with E-state index in [9.17, 15) is 14.0 Å². The fourth-order valence-electron chi connectivity index (χ4n) is 4.96. The predicted molar refractivity (Wildman–Crippen MR) is 128 cm³/mol. The highest BCUT2D eigenvalue weighted by atomic mass is 19.1. The Balaban J connectivity index is 1.14. The van der Waals surface area contributed by atoms with Crippen LogP contribution in [-0.4, -0.2) is 71.6 Å². The summed E-state index contributed by atoms with van der Waals surface area (Å²) in [4.78, 5) is 33.9. The molecule has 0 aliphatic carbocycles. The van der Waals surface area contributed by atoms with Crippen molar-refractivity contribution in [3.63, 3.8) is 0 Å². The number of aromatic nitrogens is 3. The van der Waals surface area contributed by atoms with E-state index in [1.54, 1.807) is 19.2 Å². The zero-order valence-corrected chi connectivity index (χ0v) is 19.6. The number of likely N-dealkylation sites (N-methyl/N-ethyl adjacent to an activating group) is 1. The Morgan fingerprint density at radius 3 is 2.78 bits per heavy atom. The van der Waals surface area contributed by atoms with E-state index in [1.807, 2.05) is 18.2 Å². The number of rotatable bonds is 5. The molecule has 2 saturated heterocycles. The molecular formula is C25H25FN6O4. The minimum Gasteiger partial charge on any atom is -0.489 e. The second-order valence-corrected chi connectivity index (χ2v) is 9.28. The Kier molecular flexibility index (Phi) is 5.56. The predicted octanol–water partition coefficient (Wildman–Crippen LogP) is 1.60. The van der Waals surface area contributed by atoms with Crippen LogP contribution in [-0.2, 0) is 16.1 Å². The minimum absolute atomic E-state index is 0.0141. The van der Waals surface area contributed by atoms with E-state index in [0.717, 1.165) is 30.8 Å². The first kappa shape index (κ1) is 22.5. The molecule has 0 saturated carbocycles. The van der Waals surface area contributed by atoms with Gasteiger partial charge in [-0.2, -0.15) is 0 Å². The number of ether oxygens (including phenoxy) is 2. The van der Waals surface area contributed by atoms with Gasteiger partial charge in [0.25, 0.3) is 11.8 Å². The number of hydrogen-bond donors (Lipinski definition) is 1. The fourth-order valence-corrected chi connectivity index (χ4v) is 4.96.